The topological polar surface area (TPSA) is 103 Å². The molecule has 2 aromatic rings. The Morgan fingerprint density at radius 2 is 2.09 bits per heavy atom. The zero-order valence-electron chi connectivity index (χ0n) is 11.7. The normalized spacial score (nSPS) is 12.3. The number of benzene rings is 1. The first-order valence-corrected chi connectivity index (χ1v) is 7.98. The molecule has 0 aliphatic carbocycles. The molecule has 2 rings (SSSR count). The van der Waals surface area contributed by atoms with Crippen molar-refractivity contribution in [2.24, 2.45) is 0 Å². The molecule has 12 heteroatoms. The summed E-state index contributed by atoms with van der Waals surface area (Å²) in [6, 6.07) is 3.95. The molecule has 0 aliphatic rings. The summed E-state index contributed by atoms with van der Waals surface area (Å²) in [6.45, 7) is -2.22. The lowest BCUT2D eigenvalue weighted by Crippen LogP contribution is -2.38. The largest absolute Gasteiger partial charge is 0.405 e. The van der Waals surface area contributed by atoms with Crippen molar-refractivity contribution in [2.45, 2.75) is 11.1 Å². The average molecular weight is 352 g/mol. The van der Waals surface area contributed by atoms with E-state index in [1.54, 1.807) is 5.32 Å². The van der Waals surface area contributed by atoms with Gasteiger partial charge in [0.25, 0.3) is 5.91 Å². The first kappa shape index (κ1) is 17.0. The van der Waals surface area contributed by atoms with Gasteiger partial charge in [-0.3, -0.25) is 4.79 Å². The van der Waals surface area contributed by atoms with Crippen LogP contribution in [0.1, 0.15) is 0 Å². The van der Waals surface area contributed by atoms with E-state index in [-0.39, 0.29) is 10.4 Å². The molecule has 0 atom stereocenters. The fourth-order valence-corrected chi connectivity index (χ4v) is 2.21. The van der Waals surface area contributed by atoms with Gasteiger partial charge in [-0.1, -0.05) is 4.85 Å². The Labute approximate surface area is 128 Å². The number of hydrogen-bond acceptors (Lipinski definition) is 6. The van der Waals surface area contributed by atoms with E-state index in [2.05, 4.69) is 10.3 Å². The number of nitrogens with one attached hydrogen (secondary N) is 1. The Balaban J connectivity index is 2.10. The van der Waals surface area contributed by atoms with Gasteiger partial charge in [0.1, 0.15) is 17.6 Å². The van der Waals surface area contributed by atoms with Crippen LogP contribution in [-0.2, 0) is 14.6 Å². The minimum absolute atomic E-state index is 0.0151. The Morgan fingerprint density at radius 1 is 1.39 bits per heavy atom. The number of amides is 1. The maximum Gasteiger partial charge on any atom is 0.405 e. The third kappa shape index (κ3) is 4.55. The molecule has 0 unspecified atom stereocenters. The van der Waals surface area contributed by atoms with Gasteiger partial charge in [0, 0.05) is 6.26 Å². The minimum atomic E-state index is -4.53. The Morgan fingerprint density at radius 3 is 2.70 bits per heavy atom. The summed E-state index contributed by atoms with van der Waals surface area (Å²) < 4.78 is 58.8. The number of aromatic nitrogens is 3. The van der Waals surface area contributed by atoms with Gasteiger partial charge in [0.2, 0.25) is 0 Å². The molecule has 1 amide bonds. The number of halogens is 3. The van der Waals surface area contributed by atoms with Gasteiger partial charge < -0.3 is 10.2 Å². The van der Waals surface area contributed by atoms with Crippen LogP contribution in [-0.4, -0.2) is 55.1 Å². The van der Waals surface area contributed by atoms with Gasteiger partial charge in [0.05, 0.1) is 4.90 Å². The predicted molar refractivity (Wildman–Crippen MR) is 71.1 cm³/mol. The lowest BCUT2D eigenvalue weighted by atomic mass is 10.3. The van der Waals surface area contributed by atoms with Crippen LogP contribution in [0.3, 0.4) is 0 Å². The van der Waals surface area contributed by atoms with E-state index in [4.69, 9.17) is 4.84 Å². The molecule has 0 saturated carbocycles. The number of carbonyl (C=O) groups is 1. The molecule has 0 spiro atoms. The molecule has 23 heavy (non-hydrogen) atoms. The molecule has 1 aromatic carbocycles. The number of hydrogen-bond donors (Lipinski definition) is 1. The van der Waals surface area contributed by atoms with E-state index in [0.29, 0.717) is 5.52 Å². The highest BCUT2D eigenvalue weighted by molar-refractivity contribution is 7.90. The molecule has 8 nitrogen and oxygen atoms in total. The molecular formula is C11H11F3N4O4S. The SMILES string of the molecule is CS(=O)(=O)c1ccc2nnn(OCC(=O)NCC(F)(F)F)c2c1. The van der Waals surface area contributed by atoms with Gasteiger partial charge in [-0.05, 0) is 23.4 Å². The quantitative estimate of drug-likeness (QED) is 0.809. The van der Waals surface area contributed by atoms with E-state index in [0.717, 1.165) is 11.1 Å². The number of carbonyl (C=O) groups excluding carboxylic acids is 1. The summed E-state index contributed by atoms with van der Waals surface area (Å²) in [4.78, 5) is 16.9. The van der Waals surface area contributed by atoms with E-state index >= 15 is 0 Å². The first-order valence-electron chi connectivity index (χ1n) is 6.08. The Kier molecular flexibility index (Phi) is 4.45. The zero-order valence-corrected chi connectivity index (χ0v) is 12.5. The van der Waals surface area contributed by atoms with Crippen molar-refractivity contribution in [1.82, 2.24) is 20.5 Å². The van der Waals surface area contributed by atoms with Crippen LogP contribution >= 0.6 is 0 Å². The first-order chi connectivity index (χ1) is 10.6. The van der Waals surface area contributed by atoms with Gasteiger partial charge in [-0.25, -0.2) is 8.42 Å². The van der Waals surface area contributed by atoms with E-state index in [9.17, 15) is 26.4 Å². The molecule has 1 heterocycles. The second-order valence-electron chi connectivity index (χ2n) is 4.55. The molecule has 0 bridgehead atoms. The standard InChI is InChI=1S/C11H11F3N4O4S/c1-23(20,21)7-2-3-8-9(4-7)18(17-16-8)22-5-10(19)15-6-11(12,13)14/h2-4H,5-6H2,1H3,(H,15,19). The summed E-state index contributed by atoms with van der Waals surface area (Å²) in [5.74, 6) is -1.01. The van der Waals surface area contributed by atoms with Crippen molar-refractivity contribution < 1.29 is 31.2 Å². The summed E-state index contributed by atoms with van der Waals surface area (Å²) >= 11 is 0. The van der Waals surface area contributed by atoms with Crippen molar-refractivity contribution in [1.29, 1.82) is 0 Å². The van der Waals surface area contributed by atoms with Gasteiger partial charge >= 0.3 is 6.18 Å². The van der Waals surface area contributed by atoms with Crippen molar-refractivity contribution in [3.63, 3.8) is 0 Å². The summed E-state index contributed by atoms with van der Waals surface area (Å²) in [6.07, 6.45) is -3.52. The van der Waals surface area contributed by atoms with Crippen LogP contribution in [0.25, 0.3) is 11.0 Å². The Bertz CT molecular complexity index is 831. The van der Waals surface area contributed by atoms with Crippen LogP contribution in [0.5, 0.6) is 0 Å². The zero-order chi connectivity index (χ0) is 17.3. The van der Waals surface area contributed by atoms with E-state index in [1.165, 1.54) is 18.2 Å². The highest BCUT2D eigenvalue weighted by Crippen LogP contribution is 2.16. The lowest BCUT2D eigenvalue weighted by molar-refractivity contribution is -0.141. The van der Waals surface area contributed by atoms with Crippen LogP contribution in [0, 0.1) is 0 Å². The van der Waals surface area contributed by atoms with Crippen LogP contribution in [0.4, 0.5) is 13.2 Å². The summed E-state index contributed by atoms with van der Waals surface area (Å²) in [5, 5.41) is 8.86. The molecule has 0 aliphatic heterocycles. The van der Waals surface area contributed by atoms with Gasteiger partial charge in [-0.2, -0.15) is 13.2 Å². The van der Waals surface area contributed by atoms with Crippen LogP contribution in [0.2, 0.25) is 0 Å². The fourth-order valence-electron chi connectivity index (χ4n) is 1.57. The predicted octanol–water partition coefficient (Wildman–Crippen LogP) is -0.0581. The number of nitrogens with zero attached hydrogens (tertiary/aromatic N) is 3. The molecular weight excluding hydrogens is 341 g/mol. The second kappa shape index (κ2) is 6.02. The third-order valence-corrected chi connectivity index (χ3v) is 3.73. The molecule has 1 N–H and O–H groups in total. The fraction of sp³-hybridized carbons (Fsp3) is 0.364. The van der Waals surface area contributed by atoms with Crippen molar-refractivity contribution >= 4 is 26.8 Å². The van der Waals surface area contributed by atoms with Gasteiger partial charge in [0.15, 0.2) is 16.4 Å². The maximum absolute atomic E-state index is 12.0. The highest BCUT2D eigenvalue weighted by Gasteiger charge is 2.27. The molecule has 0 saturated heterocycles. The van der Waals surface area contributed by atoms with Crippen molar-refractivity contribution in [3.8, 4) is 0 Å². The molecule has 1 aromatic heterocycles. The van der Waals surface area contributed by atoms with Crippen molar-refractivity contribution in [3.05, 3.63) is 18.2 Å². The molecule has 0 fully saturated rings. The second-order valence-corrected chi connectivity index (χ2v) is 6.57. The van der Waals surface area contributed by atoms with Gasteiger partial charge in [-0.15, -0.1) is 5.10 Å². The number of alkyl halides is 3. The average Bonchev–Trinajstić information content (AvgIpc) is 2.83. The molecule has 0 radical (unpaired) electrons. The smallest absolute Gasteiger partial charge is 0.385 e. The number of fused-ring (bicyclic) bond motifs is 1. The summed E-state index contributed by atoms with van der Waals surface area (Å²) in [7, 11) is -3.47. The Hall–Kier alpha value is -2.37. The van der Waals surface area contributed by atoms with Crippen LogP contribution < -0.4 is 10.2 Å². The number of rotatable bonds is 5. The highest BCUT2D eigenvalue weighted by atomic mass is 32.2. The van der Waals surface area contributed by atoms with Crippen molar-refractivity contribution in [2.75, 3.05) is 19.4 Å². The summed E-state index contributed by atoms with van der Waals surface area (Å²) in [5.41, 5.74) is 0.463. The third-order valence-electron chi connectivity index (χ3n) is 2.62. The lowest BCUT2D eigenvalue weighted by Gasteiger charge is -2.09. The minimum Gasteiger partial charge on any atom is -0.385 e. The maximum atomic E-state index is 12.0. The van der Waals surface area contributed by atoms with E-state index in [1.807, 2.05) is 0 Å². The van der Waals surface area contributed by atoms with E-state index < -0.39 is 35.1 Å². The molecule has 126 valence electrons. The number of sulfone groups is 1. The monoisotopic (exact) mass is 352 g/mol. The van der Waals surface area contributed by atoms with Crippen LogP contribution in [0.15, 0.2) is 23.1 Å².